The van der Waals surface area contributed by atoms with Gasteiger partial charge in [0.05, 0.1) is 13.7 Å². The van der Waals surface area contributed by atoms with E-state index in [2.05, 4.69) is 10.6 Å². The van der Waals surface area contributed by atoms with Gasteiger partial charge < -0.3 is 20.1 Å². The summed E-state index contributed by atoms with van der Waals surface area (Å²) in [5.74, 6) is 1.25. The zero-order valence-corrected chi connectivity index (χ0v) is 15.4. The zero-order valence-electron chi connectivity index (χ0n) is 15.4. The molecular formula is C21H24N2O4. The Bertz CT molecular complexity index is 789. The molecule has 6 nitrogen and oxygen atoms in total. The average Bonchev–Trinajstić information content (AvgIpc) is 2.70. The molecule has 6 heteroatoms. The van der Waals surface area contributed by atoms with Crippen molar-refractivity contribution in [3.8, 4) is 11.5 Å². The van der Waals surface area contributed by atoms with E-state index in [9.17, 15) is 9.59 Å². The van der Waals surface area contributed by atoms with Crippen LogP contribution in [0, 0.1) is 5.92 Å². The van der Waals surface area contributed by atoms with Gasteiger partial charge in [-0.05, 0) is 48.7 Å². The monoisotopic (exact) mass is 368 g/mol. The lowest BCUT2D eigenvalue weighted by Crippen LogP contribution is -2.32. The van der Waals surface area contributed by atoms with Crippen molar-refractivity contribution >= 4 is 17.5 Å². The quantitative estimate of drug-likeness (QED) is 0.703. The van der Waals surface area contributed by atoms with Gasteiger partial charge in [-0.15, -0.1) is 0 Å². The molecule has 0 saturated carbocycles. The third-order valence-electron chi connectivity index (χ3n) is 4.58. The Kier molecular flexibility index (Phi) is 6.30. The maximum Gasteiger partial charge on any atom is 0.227 e. The molecule has 0 unspecified atom stereocenters. The Balaban J connectivity index is 1.35. The molecule has 1 atom stereocenters. The van der Waals surface area contributed by atoms with Crippen LogP contribution < -0.4 is 20.1 Å². The van der Waals surface area contributed by atoms with Crippen molar-refractivity contribution in [3.05, 3.63) is 54.1 Å². The maximum atomic E-state index is 12.2. The van der Waals surface area contributed by atoms with E-state index in [0.717, 1.165) is 22.7 Å². The van der Waals surface area contributed by atoms with Crippen LogP contribution in [0.4, 0.5) is 5.69 Å². The first-order valence-corrected chi connectivity index (χ1v) is 9.08. The van der Waals surface area contributed by atoms with Gasteiger partial charge in [-0.3, -0.25) is 9.59 Å². The molecule has 0 aliphatic carbocycles. The van der Waals surface area contributed by atoms with Gasteiger partial charge in [-0.1, -0.05) is 18.2 Å². The lowest BCUT2D eigenvalue weighted by atomic mass is 9.89. The highest BCUT2D eigenvalue weighted by Gasteiger charge is 2.26. The van der Waals surface area contributed by atoms with E-state index in [4.69, 9.17) is 9.47 Å². The summed E-state index contributed by atoms with van der Waals surface area (Å²) >= 11 is 0. The molecule has 3 rings (SSSR count). The zero-order chi connectivity index (χ0) is 19.1. The molecule has 0 spiro atoms. The fraction of sp³-hybridized carbons (Fsp3) is 0.333. The average molecular weight is 368 g/mol. The first-order valence-electron chi connectivity index (χ1n) is 9.08. The van der Waals surface area contributed by atoms with E-state index in [0.29, 0.717) is 32.4 Å². The number of benzene rings is 2. The van der Waals surface area contributed by atoms with Gasteiger partial charge in [0.2, 0.25) is 11.8 Å². The Labute approximate surface area is 158 Å². The molecule has 2 aromatic rings. The molecule has 0 bridgehead atoms. The van der Waals surface area contributed by atoms with Gasteiger partial charge in [-0.2, -0.15) is 0 Å². The molecule has 2 N–H and O–H groups in total. The number of anilines is 1. The van der Waals surface area contributed by atoms with Crippen LogP contribution in [0.25, 0.3) is 0 Å². The smallest absolute Gasteiger partial charge is 0.227 e. The Hall–Kier alpha value is -3.02. The molecule has 2 amide bonds. The van der Waals surface area contributed by atoms with Gasteiger partial charge in [0, 0.05) is 18.0 Å². The Morgan fingerprint density at radius 2 is 1.89 bits per heavy atom. The maximum absolute atomic E-state index is 12.2. The number of hydrogen-bond acceptors (Lipinski definition) is 4. The van der Waals surface area contributed by atoms with E-state index in [1.807, 2.05) is 48.5 Å². The van der Waals surface area contributed by atoms with Crippen molar-refractivity contribution in [2.75, 3.05) is 25.6 Å². The van der Waals surface area contributed by atoms with Gasteiger partial charge in [-0.25, -0.2) is 0 Å². The van der Waals surface area contributed by atoms with Crippen LogP contribution in [0.5, 0.6) is 11.5 Å². The highest BCUT2D eigenvalue weighted by molar-refractivity contribution is 5.96. The van der Waals surface area contributed by atoms with Gasteiger partial charge >= 0.3 is 0 Å². The summed E-state index contributed by atoms with van der Waals surface area (Å²) in [5.41, 5.74) is 1.99. The molecule has 0 saturated heterocycles. The van der Waals surface area contributed by atoms with Crippen molar-refractivity contribution in [1.29, 1.82) is 0 Å². The van der Waals surface area contributed by atoms with Crippen LogP contribution in [0.1, 0.15) is 18.4 Å². The first-order chi connectivity index (χ1) is 13.2. The van der Waals surface area contributed by atoms with Gasteiger partial charge in [0.25, 0.3) is 0 Å². The molecule has 1 aliphatic heterocycles. The van der Waals surface area contributed by atoms with Crippen LogP contribution in [0.15, 0.2) is 48.5 Å². The molecular weight excluding hydrogens is 344 g/mol. The summed E-state index contributed by atoms with van der Waals surface area (Å²) in [6.07, 6.45) is 1.53. The molecule has 0 radical (unpaired) electrons. The highest BCUT2D eigenvalue weighted by Crippen LogP contribution is 2.27. The second kappa shape index (κ2) is 9.07. The minimum Gasteiger partial charge on any atom is -0.497 e. The molecule has 1 heterocycles. The number of carbonyl (C=O) groups excluding carboxylic acids is 2. The van der Waals surface area contributed by atoms with E-state index in [-0.39, 0.29) is 17.7 Å². The highest BCUT2D eigenvalue weighted by atomic mass is 16.5. The predicted molar refractivity (Wildman–Crippen MR) is 103 cm³/mol. The molecule has 1 aliphatic rings. The SMILES string of the molecule is COc1ccc(OCCNC(=O)CC[C@@H]2Cc3ccccc3NC2=O)cc1. The number of rotatable bonds is 8. The third kappa shape index (κ3) is 5.23. The summed E-state index contributed by atoms with van der Waals surface area (Å²) < 4.78 is 10.7. The Morgan fingerprint density at radius 3 is 2.67 bits per heavy atom. The largest absolute Gasteiger partial charge is 0.497 e. The van der Waals surface area contributed by atoms with Crippen molar-refractivity contribution < 1.29 is 19.1 Å². The summed E-state index contributed by atoms with van der Waals surface area (Å²) in [6, 6.07) is 15.1. The number of fused-ring (bicyclic) bond motifs is 1. The second-order valence-corrected chi connectivity index (χ2v) is 6.46. The predicted octanol–water partition coefficient (Wildman–Crippen LogP) is 2.78. The Morgan fingerprint density at radius 1 is 1.15 bits per heavy atom. The molecule has 0 aromatic heterocycles. The molecule has 0 fully saturated rings. The van der Waals surface area contributed by atoms with Crippen molar-refractivity contribution in [2.24, 2.45) is 5.92 Å². The van der Waals surface area contributed by atoms with Crippen LogP contribution in [-0.2, 0) is 16.0 Å². The summed E-state index contributed by atoms with van der Waals surface area (Å²) in [7, 11) is 1.61. The lowest BCUT2D eigenvalue weighted by molar-refractivity contribution is -0.122. The molecule has 27 heavy (non-hydrogen) atoms. The summed E-state index contributed by atoms with van der Waals surface area (Å²) in [5, 5.41) is 5.74. The van der Waals surface area contributed by atoms with Gasteiger partial charge in [0.1, 0.15) is 18.1 Å². The number of para-hydroxylation sites is 1. The van der Waals surface area contributed by atoms with Crippen molar-refractivity contribution in [2.45, 2.75) is 19.3 Å². The summed E-state index contributed by atoms with van der Waals surface area (Å²) in [4.78, 5) is 24.2. The fourth-order valence-electron chi connectivity index (χ4n) is 3.07. The topological polar surface area (TPSA) is 76.7 Å². The summed E-state index contributed by atoms with van der Waals surface area (Å²) in [6.45, 7) is 0.805. The number of hydrogen-bond donors (Lipinski definition) is 2. The number of amides is 2. The van der Waals surface area contributed by atoms with Crippen LogP contribution >= 0.6 is 0 Å². The van der Waals surface area contributed by atoms with Crippen molar-refractivity contribution in [1.82, 2.24) is 5.32 Å². The minimum absolute atomic E-state index is 0.00987. The van der Waals surface area contributed by atoms with E-state index < -0.39 is 0 Å². The van der Waals surface area contributed by atoms with Crippen LogP contribution in [0.2, 0.25) is 0 Å². The normalized spacial score (nSPS) is 15.4. The molecule has 142 valence electrons. The van der Waals surface area contributed by atoms with Crippen LogP contribution in [-0.4, -0.2) is 32.1 Å². The second-order valence-electron chi connectivity index (χ2n) is 6.46. The van der Waals surface area contributed by atoms with Crippen molar-refractivity contribution in [3.63, 3.8) is 0 Å². The van der Waals surface area contributed by atoms with E-state index in [1.165, 1.54) is 0 Å². The van der Waals surface area contributed by atoms with Gasteiger partial charge in [0.15, 0.2) is 0 Å². The van der Waals surface area contributed by atoms with E-state index >= 15 is 0 Å². The van der Waals surface area contributed by atoms with Crippen LogP contribution in [0.3, 0.4) is 0 Å². The lowest BCUT2D eigenvalue weighted by Gasteiger charge is -2.24. The van der Waals surface area contributed by atoms with E-state index in [1.54, 1.807) is 7.11 Å². The first kappa shape index (κ1) is 18.8. The third-order valence-corrected chi connectivity index (χ3v) is 4.58. The minimum atomic E-state index is -0.166. The fourth-order valence-corrected chi connectivity index (χ4v) is 3.07. The number of ether oxygens (including phenoxy) is 2. The number of methoxy groups -OCH3 is 1. The molecule has 2 aromatic carbocycles. The number of carbonyl (C=O) groups is 2. The standard InChI is InChI=1S/C21H24N2O4/c1-26-17-7-9-18(10-8-17)27-13-12-22-20(24)11-6-16-14-15-4-2-3-5-19(15)23-21(16)25/h2-5,7-10,16H,6,11-14H2,1H3,(H,22,24)(H,23,25)/t16-/m1/s1. The number of nitrogens with one attached hydrogen (secondary N) is 2.